The topological polar surface area (TPSA) is 22.2 Å². The first kappa shape index (κ1) is 33.3. The van der Waals surface area contributed by atoms with Gasteiger partial charge in [0, 0.05) is 25.3 Å². The van der Waals surface area contributed by atoms with Crippen molar-refractivity contribution in [3.05, 3.63) is 218 Å². The second-order valence-electron chi connectivity index (χ2n) is 13.8. The number of imidazole rings is 2. The van der Waals surface area contributed by atoms with Gasteiger partial charge in [-0.15, -0.1) is 10.0 Å². The van der Waals surface area contributed by atoms with Crippen molar-refractivity contribution in [2.45, 2.75) is 34.3 Å². The minimum Gasteiger partial charge on any atom is -0.278 e. The van der Waals surface area contributed by atoms with Gasteiger partial charge >= 0.3 is 0 Å². The van der Waals surface area contributed by atoms with E-state index in [-0.39, 0.29) is 0 Å². The van der Waals surface area contributed by atoms with Crippen LogP contribution < -0.4 is 0 Å². The third-order valence-corrected chi connectivity index (χ3v) is 18.4. The third kappa shape index (κ3) is 5.26. The van der Waals surface area contributed by atoms with E-state index in [1.54, 1.807) is 0 Å². The summed E-state index contributed by atoms with van der Waals surface area (Å²) in [5, 5.41) is 0. The van der Waals surface area contributed by atoms with Crippen molar-refractivity contribution in [3.8, 4) is 5.69 Å². The Balaban J connectivity index is 1.24. The smallest absolute Gasteiger partial charge is 0.220 e. The number of nitrogens with zero attached hydrogens (tertiary/aromatic N) is 3. The van der Waals surface area contributed by atoms with E-state index >= 15 is 0 Å². The number of benzene rings is 8. The van der Waals surface area contributed by atoms with Crippen LogP contribution in [0.25, 0.3) is 33.5 Å². The van der Waals surface area contributed by atoms with Crippen LogP contribution in [0.5, 0.6) is 0 Å². The van der Waals surface area contributed by atoms with Gasteiger partial charge in [-0.2, -0.15) is 10.0 Å². The highest BCUT2D eigenvalue weighted by Crippen LogP contribution is 2.74. The molecular weight excluding hydrogens is 707 g/mol. The second kappa shape index (κ2) is 13.5. The Bertz CT molecular complexity index is 2830. The van der Waals surface area contributed by atoms with Gasteiger partial charge in [0.1, 0.15) is 0 Å². The summed E-state index contributed by atoms with van der Waals surface area (Å²) in [6.45, 7) is 0. The van der Waals surface area contributed by atoms with Crippen molar-refractivity contribution in [2.75, 3.05) is 6.26 Å². The van der Waals surface area contributed by atoms with Crippen molar-refractivity contribution >= 4 is 47.9 Å². The molecule has 0 spiro atoms. The Morgan fingerprint density at radius 2 is 0.764 bits per heavy atom. The normalized spacial score (nSPS) is 12.7. The van der Waals surface area contributed by atoms with Gasteiger partial charge in [0.2, 0.25) is 5.78 Å². The van der Waals surface area contributed by atoms with Crippen molar-refractivity contribution < 1.29 is 0 Å². The molecule has 0 bridgehead atoms. The first-order chi connectivity index (χ1) is 27.2. The molecule has 0 fully saturated rings. The Hall–Kier alpha value is -6.27. The lowest BCUT2D eigenvalue weighted by Crippen LogP contribution is -2.06. The SMILES string of the molecule is CS(c1ccccc1)(c1ccccc1)c1ccc(S(c2ccccc2)(c2ccccc2)c2ccc3nc4n(-c5ccccc5)c5ccccc5n4c3c2)cc1. The van der Waals surface area contributed by atoms with E-state index in [2.05, 4.69) is 234 Å². The van der Waals surface area contributed by atoms with Gasteiger partial charge in [-0.1, -0.05) is 103 Å². The van der Waals surface area contributed by atoms with Crippen LogP contribution in [-0.2, 0) is 0 Å². The van der Waals surface area contributed by atoms with Crippen LogP contribution in [0.2, 0.25) is 0 Å². The molecule has 0 unspecified atom stereocenters. The van der Waals surface area contributed by atoms with Crippen LogP contribution >= 0.6 is 20.1 Å². The first-order valence-electron chi connectivity index (χ1n) is 18.6. The molecule has 8 aromatic carbocycles. The number of hydrogen-bond acceptors (Lipinski definition) is 1. The van der Waals surface area contributed by atoms with E-state index in [0.717, 1.165) is 33.5 Å². The van der Waals surface area contributed by atoms with Crippen molar-refractivity contribution in [1.29, 1.82) is 0 Å². The summed E-state index contributed by atoms with van der Waals surface area (Å²) in [5.41, 5.74) is 5.44. The highest BCUT2D eigenvalue weighted by molar-refractivity contribution is 8.34. The number of rotatable bonds is 8. The number of aromatic nitrogens is 3. The van der Waals surface area contributed by atoms with Gasteiger partial charge in [-0.25, -0.2) is 4.98 Å². The summed E-state index contributed by atoms with van der Waals surface area (Å²) < 4.78 is 4.63. The molecular formula is C50H39N3S2. The van der Waals surface area contributed by atoms with Crippen LogP contribution in [0.3, 0.4) is 0 Å². The summed E-state index contributed by atoms with van der Waals surface area (Å²) in [4.78, 5) is 14.5. The lowest BCUT2D eigenvalue weighted by molar-refractivity contribution is 1.11. The number of hydrogen-bond donors (Lipinski definition) is 0. The lowest BCUT2D eigenvalue weighted by Gasteiger charge is -2.43. The Morgan fingerprint density at radius 1 is 0.364 bits per heavy atom. The summed E-state index contributed by atoms with van der Waals surface area (Å²) in [6.07, 6.45) is 2.44. The molecule has 3 nitrogen and oxygen atoms in total. The molecule has 2 heterocycles. The minimum atomic E-state index is -1.98. The fourth-order valence-electron chi connectivity index (χ4n) is 8.18. The highest BCUT2D eigenvalue weighted by Gasteiger charge is 2.35. The van der Waals surface area contributed by atoms with Gasteiger partial charge in [0.25, 0.3) is 0 Å². The molecule has 0 saturated heterocycles. The van der Waals surface area contributed by atoms with Crippen LogP contribution in [0.4, 0.5) is 0 Å². The molecule has 0 aliphatic heterocycles. The zero-order valence-corrected chi connectivity index (χ0v) is 32.1. The molecule has 0 saturated carbocycles. The second-order valence-corrected chi connectivity index (χ2v) is 20.2. The van der Waals surface area contributed by atoms with Crippen molar-refractivity contribution in [3.63, 3.8) is 0 Å². The predicted molar refractivity (Wildman–Crippen MR) is 231 cm³/mol. The maximum atomic E-state index is 5.30. The van der Waals surface area contributed by atoms with Gasteiger partial charge in [-0.3, -0.25) is 8.97 Å². The molecule has 10 aromatic rings. The Morgan fingerprint density at radius 3 is 1.31 bits per heavy atom. The molecule has 266 valence electrons. The Labute approximate surface area is 324 Å². The summed E-state index contributed by atoms with van der Waals surface area (Å²) in [7, 11) is -3.50. The van der Waals surface area contributed by atoms with E-state index in [0.29, 0.717) is 0 Å². The van der Waals surface area contributed by atoms with E-state index in [1.807, 2.05) is 0 Å². The molecule has 0 aliphatic rings. The Kier molecular flexibility index (Phi) is 8.20. The predicted octanol–water partition coefficient (Wildman–Crippen LogP) is 13.7. The van der Waals surface area contributed by atoms with Crippen LogP contribution in [0.15, 0.2) is 253 Å². The third-order valence-electron chi connectivity index (χ3n) is 10.8. The lowest BCUT2D eigenvalue weighted by atomic mass is 10.2. The van der Waals surface area contributed by atoms with Crippen LogP contribution in [0, 0.1) is 0 Å². The summed E-state index contributed by atoms with van der Waals surface area (Å²) in [5.74, 6) is 0.910. The zero-order valence-electron chi connectivity index (χ0n) is 30.4. The molecule has 0 aliphatic carbocycles. The molecule has 55 heavy (non-hydrogen) atoms. The van der Waals surface area contributed by atoms with Crippen LogP contribution in [-0.4, -0.2) is 20.2 Å². The van der Waals surface area contributed by atoms with Gasteiger partial charge in [0.15, 0.2) is 0 Å². The minimum absolute atomic E-state index is 0.910. The van der Waals surface area contributed by atoms with E-state index < -0.39 is 20.1 Å². The monoisotopic (exact) mass is 745 g/mol. The maximum Gasteiger partial charge on any atom is 0.220 e. The van der Waals surface area contributed by atoms with Gasteiger partial charge < -0.3 is 0 Å². The number of fused-ring (bicyclic) bond motifs is 5. The number of para-hydroxylation sites is 3. The van der Waals surface area contributed by atoms with Crippen molar-refractivity contribution in [2.24, 2.45) is 0 Å². The molecule has 10 rings (SSSR count). The maximum absolute atomic E-state index is 5.30. The largest absolute Gasteiger partial charge is 0.278 e. The van der Waals surface area contributed by atoms with Gasteiger partial charge in [-0.05, 0) is 136 Å². The molecule has 5 heteroatoms. The molecule has 0 amide bonds. The van der Waals surface area contributed by atoms with Crippen LogP contribution in [0.1, 0.15) is 0 Å². The standard InChI is InChI=1S/C50H39N3S2/c1-54(39-21-9-3-10-22-39,40-23-11-4-12-24-40)41-31-33-44(34-32-41)55(42-25-13-5-14-26-42,43-27-15-6-16-28-43)45-35-36-46-49(37-45)53-48-30-18-17-29-47(48)52(50(53)51-46)38-19-7-2-8-20-38/h2-37H,1H3. The average molecular weight is 746 g/mol. The summed E-state index contributed by atoms with van der Waals surface area (Å²) >= 11 is 0. The van der Waals surface area contributed by atoms with E-state index in [1.165, 1.54) is 34.3 Å². The highest BCUT2D eigenvalue weighted by atomic mass is 32.3. The first-order valence-corrected chi connectivity index (χ1v) is 22.2. The summed E-state index contributed by atoms with van der Waals surface area (Å²) in [6, 6.07) is 80.1. The molecule has 2 aromatic heterocycles. The van der Waals surface area contributed by atoms with Gasteiger partial charge in [0.05, 0.1) is 22.1 Å². The fraction of sp³-hybridized carbons (Fsp3) is 0.0200. The van der Waals surface area contributed by atoms with E-state index in [4.69, 9.17) is 4.98 Å². The zero-order chi connectivity index (χ0) is 36.8. The molecule has 0 N–H and O–H groups in total. The average Bonchev–Trinajstić information content (AvgIpc) is 3.80. The van der Waals surface area contributed by atoms with Crippen molar-refractivity contribution in [1.82, 2.24) is 14.0 Å². The quantitative estimate of drug-likeness (QED) is 0.152. The van der Waals surface area contributed by atoms with E-state index in [9.17, 15) is 0 Å². The fourth-order valence-corrected chi connectivity index (χ4v) is 14.9. The molecule has 0 radical (unpaired) electrons. The molecule has 0 atom stereocenters.